The summed E-state index contributed by atoms with van der Waals surface area (Å²) >= 11 is 5.76. The van der Waals surface area contributed by atoms with Crippen LogP contribution < -0.4 is 5.32 Å². The Morgan fingerprint density at radius 2 is 1.90 bits per heavy atom. The summed E-state index contributed by atoms with van der Waals surface area (Å²) in [6.07, 6.45) is 3.99. The highest BCUT2D eigenvalue weighted by Gasteiger charge is 2.41. The molecule has 3 heterocycles. The predicted octanol–water partition coefficient (Wildman–Crippen LogP) is 5.12. The minimum atomic E-state index is 0.0163. The average Bonchev–Trinajstić information content (AvgIpc) is 3.29. The highest BCUT2D eigenvalue weighted by Crippen LogP contribution is 2.40. The smallest absolute Gasteiger partial charge is 0.170 e. The normalized spacial score (nSPS) is 19.1. The molecule has 1 fully saturated rings. The van der Waals surface area contributed by atoms with Crippen molar-refractivity contribution in [1.82, 2.24) is 19.8 Å². The van der Waals surface area contributed by atoms with Gasteiger partial charge in [0.2, 0.25) is 0 Å². The van der Waals surface area contributed by atoms with Gasteiger partial charge in [-0.1, -0.05) is 26.0 Å². The molecule has 0 saturated carbocycles. The van der Waals surface area contributed by atoms with E-state index in [0.717, 1.165) is 17.4 Å². The molecule has 1 N–H and O–H groups in total. The van der Waals surface area contributed by atoms with E-state index < -0.39 is 0 Å². The highest BCUT2D eigenvalue weighted by molar-refractivity contribution is 7.80. The summed E-state index contributed by atoms with van der Waals surface area (Å²) in [5.74, 6) is 0.504. The van der Waals surface area contributed by atoms with Gasteiger partial charge in [0.05, 0.1) is 17.8 Å². The van der Waals surface area contributed by atoms with Crippen molar-refractivity contribution >= 4 is 17.3 Å². The lowest BCUT2D eigenvalue weighted by atomic mass is 10.00. The molecule has 5 heteroatoms. The lowest BCUT2D eigenvalue weighted by Crippen LogP contribution is -2.33. The van der Waals surface area contributed by atoms with Gasteiger partial charge >= 0.3 is 0 Å². The number of benzene rings is 1. The largest absolute Gasteiger partial charge is 0.352 e. The van der Waals surface area contributed by atoms with Crippen molar-refractivity contribution in [1.29, 1.82) is 0 Å². The number of hydrogen-bond acceptors (Lipinski definition) is 2. The van der Waals surface area contributed by atoms with E-state index in [1.165, 1.54) is 22.5 Å². The van der Waals surface area contributed by atoms with Crippen LogP contribution in [0.15, 0.2) is 60.9 Å². The summed E-state index contributed by atoms with van der Waals surface area (Å²) in [5, 5.41) is 4.34. The minimum Gasteiger partial charge on any atom is -0.352 e. The van der Waals surface area contributed by atoms with Gasteiger partial charge in [-0.05, 0) is 79.5 Å². The van der Waals surface area contributed by atoms with Gasteiger partial charge in [0.1, 0.15) is 0 Å². The lowest BCUT2D eigenvalue weighted by molar-refractivity contribution is 0.280. The number of aryl methyl sites for hydroxylation is 2. The third-order valence-electron chi connectivity index (χ3n) is 5.61. The number of aromatic nitrogens is 2. The molecule has 0 radical (unpaired) electrons. The SMILES string of the molecule is Cc1ccc(-n2cccc2[C@H]2[C@H](c3ccccn3)NC(=S)N2CC(C)C)cc1C. The van der Waals surface area contributed by atoms with Crippen LogP contribution in [0.25, 0.3) is 5.69 Å². The quantitative estimate of drug-likeness (QED) is 0.599. The highest BCUT2D eigenvalue weighted by atomic mass is 32.1. The molecule has 0 spiro atoms. The van der Waals surface area contributed by atoms with E-state index in [4.69, 9.17) is 12.2 Å². The molecule has 1 aliphatic heterocycles. The van der Waals surface area contributed by atoms with Crippen molar-refractivity contribution in [3.05, 3.63) is 83.4 Å². The molecule has 2 atom stereocenters. The first-order chi connectivity index (χ1) is 14.0. The van der Waals surface area contributed by atoms with Crippen molar-refractivity contribution in [3.8, 4) is 5.69 Å². The van der Waals surface area contributed by atoms with Crippen LogP contribution in [0.4, 0.5) is 0 Å². The molecule has 0 bridgehead atoms. The summed E-state index contributed by atoms with van der Waals surface area (Å²) in [4.78, 5) is 6.96. The van der Waals surface area contributed by atoms with Crippen LogP contribution in [0.5, 0.6) is 0 Å². The monoisotopic (exact) mass is 404 g/mol. The zero-order chi connectivity index (χ0) is 20.5. The van der Waals surface area contributed by atoms with E-state index >= 15 is 0 Å². The maximum atomic E-state index is 5.76. The van der Waals surface area contributed by atoms with Gasteiger partial charge in [0, 0.05) is 30.3 Å². The fourth-order valence-corrected chi connectivity index (χ4v) is 4.38. The van der Waals surface area contributed by atoms with Crippen LogP contribution in [0.2, 0.25) is 0 Å². The van der Waals surface area contributed by atoms with E-state index in [1.54, 1.807) is 0 Å². The third-order valence-corrected chi connectivity index (χ3v) is 5.96. The Balaban J connectivity index is 1.82. The van der Waals surface area contributed by atoms with E-state index in [1.807, 2.05) is 18.3 Å². The molecular weight excluding hydrogens is 376 g/mol. The summed E-state index contributed by atoms with van der Waals surface area (Å²) in [7, 11) is 0. The number of nitrogens with one attached hydrogen (secondary N) is 1. The maximum Gasteiger partial charge on any atom is 0.170 e. The van der Waals surface area contributed by atoms with Gasteiger partial charge in [-0.2, -0.15) is 0 Å². The molecule has 0 aliphatic carbocycles. The van der Waals surface area contributed by atoms with Crippen LogP contribution in [0.1, 0.15) is 48.4 Å². The molecule has 1 saturated heterocycles. The second kappa shape index (κ2) is 7.99. The zero-order valence-corrected chi connectivity index (χ0v) is 18.3. The molecule has 0 unspecified atom stereocenters. The second-order valence-electron chi connectivity index (χ2n) is 8.24. The first-order valence-electron chi connectivity index (χ1n) is 10.2. The standard InChI is InChI=1S/C24H28N4S/c1-16(2)15-28-23(22(26-24(28)29)20-8-5-6-12-25-20)21-9-7-13-27(21)19-11-10-17(3)18(4)14-19/h5-14,16,22-23H,15H2,1-4H3,(H,26,29)/t22-,23-/m0/s1. The van der Waals surface area contributed by atoms with Crippen molar-refractivity contribution in [2.75, 3.05) is 6.54 Å². The van der Waals surface area contributed by atoms with Crippen LogP contribution >= 0.6 is 12.2 Å². The predicted molar refractivity (Wildman–Crippen MR) is 122 cm³/mol. The number of nitrogens with zero attached hydrogens (tertiary/aromatic N) is 3. The first-order valence-corrected chi connectivity index (χ1v) is 10.6. The molecule has 1 aliphatic rings. The third kappa shape index (κ3) is 3.79. The van der Waals surface area contributed by atoms with Crippen molar-refractivity contribution in [2.24, 2.45) is 5.92 Å². The van der Waals surface area contributed by atoms with Gasteiger partial charge in [0.25, 0.3) is 0 Å². The summed E-state index contributed by atoms with van der Waals surface area (Å²) in [6.45, 7) is 9.68. The van der Waals surface area contributed by atoms with Crippen LogP contribution in [-0.2, 0) is 0 Å². The summed E-state index contributed by atoms with van der Waals surface area (Å²) < 4.78 is 2.29. The van der Waals surface area contributed by atoms with E-state index in [0.29, 0.717) is 5.92 Å². The van der Waals surface area contributed by atoms with E-state index in [9.17, 15) is 0 Å². The Kier molecular flexibility index (Phi) is 5.41. The fraction of sp³-hybridized carbons (Fsp3) is 0.333. The molecule has 1 aromatic carbocycles. The Labute approximate surface area is 178 Å². The molecule has 0 amide bonds. The van der Waals surface area contributed by atoms with Gasteiger partial charge in [-0.15, -0.1) is 0 Å². The molecule has 3 aromatic rings. The van der Waals surface area contributed by atoms with Gasteiger partial charge in [-0.3, -0.25) is 4.98 Å². The van der Waals surface area contributed by atoms with Crippen LogP contribution in [-0.4, -0.2) is 26.1 Å². The Morgan fingerprint density at radius 1 is 1.07 bits per heavy atom. The van der Waals surface area contributed by atoms with E-state index in [-0.39, 0.29) is 12.1 Å². The molecular formula is C24H28N4S. The molecule has 4 rings (SSSR count). The summed E-state index contributed by atoms with van der Waals surface area (Å²) in [5.41, 5.74) is 6.01. The second-order valence-corrected chi connectivity index (χ2v) is 8.63. The first kappa shape index (κ1) is 19.6. The number of rotatable bonds is 5. The lowest BCUT2D eigenvalue weighted by Gasteiger charge is -2.30. The van der Waals surface area contributed by atoms with E-state index in [2.05, 4.69) is 90.1 Å². The van der Waals surface area contributed by atoms with Crippen molar-refractivity contribution in [3.63, 3.8) is 0 Å². The average molecular weight is 405 g/mol. The topological polar surface area (TPSA) is 33.1 Å². The maximum absolute atomic E-state index is 5.76. The van der Waals surface area contributed by atoms with Gasteiger partial charge in [0.15, 0.2) is 5.11 Å². The number of thiocarbonyl (C=S) groups is 1. The van der Waals surface area contributed by atoms with Crippen LogP contribution in [0.3, 0.4) is 0 Å². The van der Waals surface area contributed by atoms with Crippen LogP contribution in [0, 0.1) is 19.8 Å². The number of hydrogen-bond donors (Lipinski definition) is 1. The molecule has 150 valence electrons. The molecule has 4 nitrogen and oxygen atoms in total. The Hall–Kier alpha value is -2.66. The fourth-order valence-electron chi connectivity index (χ4n) is 4.06. The van der Waals surface area contributed by atoms with Gasteiger partial charge < -0.3 is 14.8 Å². The van der Waals surface area contributed by atoms with Crippen molar-refractivity contribution < 1.29 is 0 Å². The zero-order valence-electron chi connectivity index (χ0n) is 17.5. The number of pyridine rings is 1. The Bertz CT molecular complexity index is 1010. The molecule has 2 aromatic heterocycles. The minimum absolute atomic E-state index is 0.0163. The Morgan fingerprint density at radius 3 is 2.59 bits per heavy atom. The van der Waals surface area contributed by atoms with Crippen molar-refractivity contribution in [2.45, 2.75) is 39.8 Å². The van der Waals surface area contributed by atoms with Gasteiger partial charge in [-0.25, -0.2) is 0 Å². The summed E-state index contributed by atoms with van der Waals surface area (Å²) in [6, 6.07) is 17.1. The molecule has 29 heavy (non-hydrogen) atoms.